The van der Waals surface area contributed by atoms with Gasteiger partial charge in [0.25, 0.3) is 0 Å². The molecule has 0 aromatic rings. The Labute approximate surface area is 71.2 Å². The van der Waals surface area contributed by atoms with Gasteiger partial charge in [0.2, 0.25) is 0 Å². The Kier molecular flexibility index (Phi) is 8.72. The number of hydrogen-bond acceptors (Lipinski definition) is 2. The smallest absolute Gasteiger partial charge is 0.0463 e. The minimum atomic E-state index is 0.316. The van der Waals surface area contributed by atoms with Gasteiger partial charge in [-0.15, -0.1) is 0 Å². The first-order valence-electron chi connectivity index (χ1n) is 4.21. The second kappa shape index (κ2) is 8.45. The normalized spacial score (nSPS) is 14.5. The van der Waals surface area contributed by atoms with Crippen molar-refractivity contribution in [2.45, 2.75) is 26.2 Å². The molecule has 0 heterocycles. The first-order valence-corrected chi connectivity index (χ1v) is 5.33. The SMILES string of the molecule is CCCC[C@@H](CO)CPOC. The van der Waals surface area contributed by atoms with Gasteiger partial charge in [0.15, 0.2) is 0 Å². The summed E-state index contributed by atoms with van der Waals surface area (Å²) in [4.78, 5) is 0. The first-order chi connectivity index (χ1) is 5.35. The fourth-order valence-corrected chi connectivity index (χ4v) is 1.69. The zero-order valence-electron chi connectivity index (χ0n) is 7.47. The van der Waals surface area contributed by atoms with Crippen molar-refractivity contribution in [3.05, 3.63) is 0 Å². The van der Waals surface area contributed by atoms with Crippen LogP contribution in [0.15, 0.2) is 0 Å². The molecule has 0 aliphatic heterocycles. The molecule has 0 aromatic heterocycles. The fourth-order valence-electron chi connectivity index (χ4n) is 0.952. The molecular formula is C8H19O2P. The van der Waals surface area contributed by atoms with Crippen LogP contribution in [0.1, 0.15) is 26.2 Å². The number of unbranched alkanes of at least 4 members (excludes halogenated alkanes) is 1. The zero-order chi connectivity index (χ0) is 8.53. The van der Waals surface area contributed by atoms with Crippen LogP contribution in [0.5, 0.6) is 0 Å². The summed E-state index contributed by atoms with van der Waals surface area (Å²) in [6.45, 7) is 2.49. The van der Waals surface area contributed by atoms with E-state index in [9.17, 15) is 0 Å². The second-order valence-corrected chi connectivity index (χ2v) is 3.85. The maximum absolute atomic E-state index is 8.93. The van der Waals surface area contributed by atoms with Crippen molar-refractivity contribution in [1.29, 1.82) is 0 Å². The summed E-state index contributed by atoms with van der Waals surface area (Å²) in [5.41, 5.74) is 0. The van der Waals surface area contributed by atoms with Gasteiger partial charge in [0.1, 0.15) is 0 Å². The lowest BCUT2D eigenvalue weighted by atomic mass is 10.1. The molecule has 0 aliphatic carbocycles. The summed E-state index contributed by atoms with van der Waals surface area (Å²) in [6.07, 6.45) is 4.60. The lowest BCUT2D eigenvalue weighted by Crippen LogP contribution is -2.08. The molecule has 0 spiro atoms. The minimum Gasteiger partial charge on any atom is -0.396 e. The molecule has 0 saturated heterocycles. The molecule has 1 N–H and O–H groups in total. The molecule has 2 atom stereocenters. The van der Waals surface area contributed by atoms with Gasteiger partial charge >= 0.3 is 0 Å². The summed E-state index contributed by atoms with van der Waals surface area (Å²) in [5, 5.41) is 8.93. The number of aliphatic hydroxyl groups is 1. The molecule has 0 amide bonds. The number of aliphatic hydroxyl groups excluding tert-OH is 1. The van der Waals surface area contributed by atoms with Gasteiger partial charge in [-0.1, -0.05) is 19.8 Å². The van der Waals surface area contributed by atoms with Crippen LogP contribution in [-0.4, -0.2) is 25.0 Å². The molecule has 2 nitrogen and oxygen atoms in total. The van der Waals surface area contributed by atoms with E-state index in [2.05, 4.69) is 6.92 Å². The topological polar surface area (TPSA) is 29.5 Å². The van der Waals surface area contributed by atoms with Crippen molar-refractivity contribution in [3.8, 4) is 0 Å². The monoisotopic (exact) mass is 178 g/mol. The van der Waals surface area contributed by atoms with Crippen molar-refractivity contribution in [2.75, 3.05) is 19.9 Å². The van der Waals surface area contributed by atoms with Crippen molar-refractivity contribution in [1.82, 2.24) is 0 Å². The van der Waals surface area contributed by atoms with Crippen LogP contribution in [0.25, 0.3) is 0 Å². The average molecular weight is 178 g/mol. The third-order valence-electron chi connectivity index (χ3n) is 1.74. The number of rotatable bonds is 7. The lowest BCUT2D eigenvalue weighted by molar-refractivity contribution is 0.229. The van der Waals surface area contributed by atoms with E-state index in [0.29, 0.717) is 21.3 Å². The van der Waals surface area contributed by atoms with Gasteiger partial charge in [0.05, 0.1) is 0 Å². The molecule has 0 bridgehead atoms. The van der Waals surface area contributed by atoms with E-state index >= 15 is 0 Å². The molecule has 3 heteroatoms. The first kappa shape index (κ1) is 11.4. The van der Waals surface area contributed by atoms with Gasteiger partial charge in [-0.25, -0.2) is 0 Å². The summed E-state index contributed by atoms with van der Waals surface area (Å²) in [5.74, 6) is 0.466. The van der Waals surface area contributed by atoms with Crippen LogP contribution in [0.4, 0.5) is 0 Å². The molecule has 1 unspecified atom stereocenters. The van der Waals surface area contributed by atoms with Crippen molar-refractivity contribution in [3.63, 3.8) is 0 Å². The predicted molar refractivity (Wildman–Crippen MR) is 50.3 cm³/mol. The quantitative estimate of drug-likeness (QED) is 0.604. The Hall–Kier alpha value is 0.350. The molecular weight excluding hydrogens is 159 g/mol. The van der Waals surface area contributed by atoms with Gasteiger partial charge in [0, 0.05) is 22.5 Å². The van der Waals surface area contributed by atoms with E-state index in [1.807, 2.05) is 0 Å². The Morgan fingerprint density at radius 2 is 2.27 bits per heavy atom. The highest BCUT2D eigenvalue weighted by atomic mass is 31.1. The second-order valence-electron chi connectivity index (χ2n) is 2.74. The summed E-state index contributed by atoms with van der Waals surface area (Å²) < 4.78 is 4.97. The van der Waals surface area contributed by atoms with Crippen LogP contribution < -0.4 is 0 Å². The Morgan fingerprint density at radius 1 is 1.55 bits per heavy atom. The molecule has 0 aromatic carbocycles. The van der Waals surface area contributed by atoms with Crippen LogP contribution in [0.2, 0.25) is 0 Å². The Balaban J connectivity index is 3.25. The van der Waals surface area contributed by atoms with E-state index in [0.717, 1.165) is 12.6 Å². The van der Waals surface area contributed by atoms with Crippen LogP contribution in [-0.2, 0) is 4.52 Å². The lowest BCUT2D eigenvalue weighted by Gasteiger charge is -2.11. The maximum Gasteiger partial charge on any atom is 0.0463 e. The molecule has 0 rings (SSSR count). The summed E-state index contributed by atoms with van der Waals surface area (Å²) in [7, 11) is 2.27. The number of hydrogen-bond donors (Lipinski definition) is 1. The van der Waals surface area contributed by atoms with Gasteiger partial charge in [-0.05, 0) is 18.5 Å². The minimum absolute atomic E-state index is 0.316. The molecule has 11 heavy (non-hydrogen) atoms. The van der Waals surface area contributed by atoms with Gasteiger partial charge in [-0.3, -0.25) is 0 Å². The Morgan fingerprint density at radius 3 is 2.73 bits per heavy atom. The molecule has 68 valence electrons. The third kappa shape index (κ3) is 6.74. The fraction of sp³-hybridized carbons (Fsp3) is 1.00. The van der Waals surface area contributed by atoms with Crippen LogP contribution in [0, 0.1) is 5.92 Å². The molecule has 0 radical (unpaired) electrons. The van der Waals surface area contributed by atoms with Crippen molar-refractivity contribution >= 4 is 8.81 Å². The van der Waals surface area contributed by atoms with E-state index in [4.69, 9.17) is 9.63 Å². The average Bonchev–Trinajstić information content (AvgIpc) is 2.05. The zero-order valence-corrected chi connectivity index (χ0v) is 8.47. The highest BCUT2D eigenvalue weighted by molar-refractivity contribution is 7.32. The van der Waals surface area contributed by atoms with E-state index < -0.39 is 0 Å². The molecule has 0 fully saturated rings. The molecule has 0 saturated carbocycles. The third-order valence-corrected chi connectivity index (χ3v) is 2.77. The molecule has 0 aliphatic rings. The van der Waals surface area contributed by atoms with E-state index in [1.165, 1.54) is 12.8 Å². The maximum atomic E-state index is 8.93. The van der Waals surface area contributed by atoms with Crippen molar-refractivity contribution < 1.29 is 9.63 Å². The largest absolute Gasteiger partial charge is 0.396 e. The predicted octanol–water partition coefficient (Wildman–Crippen LogP) is 2.02. The summed E-state index contributed by atoms with van der Waals surface area (Å²) >= 11 is 0. The van der Waals surface area contributed by atoms with Gasteiger partial charge in [-0.2, -0.15) is 0 Å². The van der Waals surface area contributed by atoms with Gasteiger partial charge < -0.3 is 9.63 Å². The van der Waals surface area contributed by atoms with E-state index in [-0.39, 0.29) is 0 Å². The highest BCUT2D eigenvalue weighted by Crippen LogP contribution is 2.19. The van der Waals surface area contributed by atoms with Crippen molar-refractivity contribution in [2.24, 2.45) is 5.92 Å². The Bertz CT molecular complexity index is 70.5. The highest BCUT2D eigenvalue weighted by Gasteiger charge is 2.05. The van der Waals surface area contributed by atoms with Crippen LogP contribution in [0.3, 0.4) is 0 Å². The summed E-state index contributed by atoms with van der Waals surface area (Å²) in [6, 6.07) is 0. The van der Waals surface area contributed by atoms with E-state index in [1.54, 1.807) is 7.11 Å². The van der Waals surface area contributed by atoms with Crippen LogP contribution >= 0.6 is 8.81 Å². The standard InChI is InChI=1S/C8H19O2P/c1-3-4-5-8(6-9)7-11-10-2/h8-9,11H,3-7H2,1-2H3/t8-/m0/s1.